The van der Waals surface area contributed by atoms with Crippen molar-refractivity contribution in [3.63, 3.8) is 0 Å². The molecule has 7 atom stereocenters. The zero-order chi connectivity index (χ0) is 12.2. The molecule has 0 heterocycles. The monoisotopic (exact) mass is 222 g/mol. The van der Waals surface area contributed by atoms with Gasteiger partial charge in [-0.1, -0.05) is 48.5 Å². The fourth-order valence-electron chi connectivity index (χ4n) is 5.28. The van der Waals surface area contributed by atoms with Gasteiger partial charge in [0.2, 0.25) is 0 Å². The van der Waals surface area contributed by atoms with Crippen molar-refractivity contribution >= 4 is 0 Å². The zero-order valence-electron chi connectivity index (χ0n) is 12.2. The van der Waals surface area contributed by atoms with Crippen LogP contribution in [0.4, 0.5) is 0 Å². The molecule has 0 aliphatic heterocycles. The van der Waals surface area contributed by atoms with Gasteiger partial charge in [0.05, 0.1) is 0 Å². The second kappa shape index (κ2) is 3.75. The molecule has 0 saturated heterocycles. The van der Waals surface area contributed by atoms with E-state index in [1.54, 1.807) is 0 Å². The van der Waals surface area contributed by atoms with Crippen molar-refractivity contribution < 1.29 is 0 Å². The summed E-state index contributed by atoms with van der Waals surface area (Å²) in [4.78, 5) is 0. The second-order valence-electron chi connectivity index (χ2n) is 7.60. The molecule has 2 aliphatic rings. The molecule has 6 unspecified atom stereocenters. The summed E-state index contributed by atoms with van der Waals surface area (Å²) in [7, 11) is 0. The normalized spacial score (nSPS) is 56.1. The molecular weight excluding hydrogens is 192 g/mol. The van der Waals surface area contributed by atoms with Crippen LogP contribution in [0.15, 0.2) is 0 Å². The van der Waals surface area contributed by atoms with Gasteiger partial charge in [-0.15, -0.1) is 0 Å². The van der Waals surface area contributed by atoms with Crippen molar-refractivity contribution in [3.8, 4) is 0 Å². The smallest absolute Gasteiger partial charge is 0.0297 e. The third-order valence-corrected chi connectivity index (χ3v) is 6.82. The number of rotatable bonds is 0. The van der Waals surface area contributed by atoms with E-state index in [0.717, 1.165) is 41.4 Å². The van der Waals surface area contributed by atoms with Crippen LogP contribution in [-0.2, 0) is 0 Å². The Morgan fingerprint density at radius 1 is 0.750 bits per heavy atom. The lowest BCUT2D eigenvalue weighted by Crippen LogP contribution is -2.48. The Labute approximate surface area is 102 Å². The molecule has 0 aromatic rings. The van der Waals surface area contributed by atoms with E-state index < -0.39 is 0 Å². The van der Waals surface area contributed by atoms with Crippen LogP contribution in [0.2, 0.25) is 0 Å². The number of fused-ring (bicyclic) bond motifs is 1. The highest BCUT2D eigenvalue weighted by Gasteiger charge is 2.54. The Kier molecular flexibility index (Phi) is 2.92. The second-order valence-corrected chi connectivity index (χ2v) is 7.60. The third kappa shape index (κ3) is 1.48. The molecular formula is C16H30. The molecule has 2 fully saturated rings. The number of hydrogen-bond acceptors (Lipinski definition) is 0. The van der Waals surface area contributed by atoms with Crippen LogP contribution in [0.1, 0.15) is 54.9 Å². The molecule has 0 nitrogen and oxygen atoms in total. The Morgan fingerprint density at radius 2 is 1.25 bits per heavy atom. The van der Waals surface area contributed by atoms with Gasteiger partial charge in [0.25, 0.3) is 0 Å². The van der Waals surface area contributed by atoms with E-state index in [1.807, 2.05) is 0 Å². The van der Waals surface area contributed by atoms with Gasteiger partial charge in [-0.05, 0) is 53.3 Å². The minimum Gasteiger partial charge on any atom is -0.0622 e. The van der Waals surface area contributed by atoms with Gasteiger partial charge in [0.15, 0.2) is 0 Å². The lowest BCUT2D eigenvalue weighted by Gasteiger charge is -2.54. The van der Waals surface area contributed by atoms with Crippen LogP contribution >= 0.6 is 0 Å². The van der Waals surface area contributed by atoms with Gasteiger partial charge in [-0.3, -0.25) is 0 Å². The minimum atomic E-state index is 0.527. The maximum Gasteiger partial charge on any atom is -0.0297 e. The van der Waals surface area contributed by atoms with E-state index in [4.69, 9.17) is 0 Å². The molecule has 0 N–H and O–H groups in total. The highest BCUT2D eigenvalue weighted by Crippen LogP contribution is 2.61. The summed E-state index contributed by atoms with van der Waals surface area (Å²) in [6, 6.07) is 0. The van der Waals surface area contributed by atoms with Crippen molar-refractivity contribution in [2.24, 2.45) is 46.8 Å². The summed E-state index contributed by atoms with van der Waals surface area (Å²) in [5, 5.41) is 0. The van der Waals surface area contributed by atoms with Crippen LogP contribution in [0.25, 0.3) is 0 Å². The molecule has 2 rings (SSSR count). The van der Waals surface area contributed by atoms with E-state index in [9.17, 15) is 0 Å². The fraction of sp³-hybridized carbons (Fsp3) is 1.00. The lowest BCUT2D eigenvalue weighted by molar-refractivity contribution is -0.0589. The average molecular weight is 222 g/mol. The zero-order valence-corrected chi connectivity index (χ0v) is 12.2. The summed E-state index contributed by atoms with van der Waals surface area (Å²) < 4.78 is 0. The Bertz CT molecular complexity index is 265. The topological polar surface area (TPSA) is 0 Å². The average Bonchev–Trinajstić information content (AvgIpc) is 2.48. The lowest BCUT2D eigenvalue weighted by atomic mass is 9.51. The van der Waals surface area contributed by atoms with Gasteiger partial charge < -0.3 is 0 Å². The molecule has 16 heavy (non-hydrogen) atoms. The molecule has 0 bridgehead atoms. The summed E-state index contributed by atoms with van der Waals surface area (Å²) in [6.07, 6.45) is 1.47. The first-order valence-electron chi connectivity index (χ1n) is 7.28. The SMILES string of the molecule is CC1CC(C)[C@@H]2C1C(C)C(C)C(C)(C)C2C. The van der Waals surface area contributed by atoms with Crippen molar-refractivity contribution in [1.29, 1.82) is 0 Å². The van der Waals surface area contributed by atoms with Crippen LogP contribution in [-0.4, -0.2) is 0 Å². The third-order valence-electron chi connectivity index (χ3n) is 6.82. The van der Waals surface area contributed by atoms with E-state index in [2.05, 4.69) is 48.5 Å². The molecule has 2 saturated carbocycles. The largest absolute Gasteiger partial charge is 0.0622 e. The Balaban J connectivity index is 2.36. The summed E-state index contributed by atoms with van der Waals surface area (Å²) >= 11 is 0. The number of hydrogen-bond donors (Lipinski definition) is 0. The quantitative estimate of drug-likeness (QED) is 0.550. The van der Waals surface area contributed by atoms with E-state index in [0.29, 0.717) is 5.41 Å². The maximum absolute atomic E-state index is 2.52. The Hall–Kier alpha value is 0. The van der Waals surface area contributed by atoms with E-state index >= 15 is 0 Å². The first kappa shape index (κ1) is 12.5. The summed E-state index contributed by atoms with van der Waals surface area (Å²) in [5.74, 6) is 6.56. The molecule has 0 heteroatoms. The predicted octanol–water partition coefficient (Wildman–Crippen LogP) is 4.84. The molecule has 0 spiro atoms. The van der Waals surface area contributed by atoms with E-state index in [-0.39, 0.29) is 0 Å². The van der Waals surface area contributed by atoms with Crippen LogP contribution < -0.4 is 0 Å². The first-order valence-corrected chi connectivity index (χ1v) is 7.28. The minimum absolute atomic E-state index is 0.527. The maximum atomic E-state index is 2.52. The molecule has 2 aliphatic carbocycles. The standard InChI is InChI=1S/C16H30/c1-9-8-10(2)15-13(5)16(6,7)12(4)11(3)14(9)15/h9-15H,8H2,1-7H3/t9?,10?,11?,12?,13?,14?,15-/m0/s1. The molecule has 0 radical (unpaired) electrons. The van der Waals surface area contributed by atoms with Crippen LogP contribution in [0.5, 0.6) is 0 Å². The molecule has 0 aromatic heterocycles. The molecule has 94 valence electrons. The van der Waals surface area contributed by atoms with Crippen LogP contribution in [0, 0.1) is 46.8 Å². The first-order chi connectivity index (χ1) is 7.28. The Morgan fingerprint density at radius 3 is 1.81 bits per heavy atom. The highest BCUT2D eigenvalue weighted by molar-refractivity contribution is 5.03. The van der Waals surface area contributed by atoms with Gasteiger partial charge in [0.1, 0.15) is 0 Å². The summed E-state index contributed by atoms with van der Waals surface area (Å²) in [6.45, 7) is 17.5. The van der Waals surface area contributed by atoms with E-state index in [1.165, 1.54) is 6.42 Å². The van der Waals surface area contributed by atoms with Crippen LogP contribution in [0.3, 0.4) is 0 Å². The van der Waals surface area contributed by atoms with Crippen molar-refractivity contribution in [2.75, 3.05) is 0 Å². The van der Waals surface area contributed by atoms with Gasteiger partial charge in [-0.2, -0.15) is 0 Å². The summed E-state index contributed by atoms with van der Waals surface area (Å²) in [5.41, 5.74) is 0.527. The fourth-order valence-corrected chi connectivity index (χ4v) is 5.28. The highest BCUT2D eigenvalue weighted by atomic mass is 14.6. The van der Waals surface area contributed by atoms with Gasteiger partial charge in [-0.25, -0.2) is 0 Å². The van der Waals surface area contributed by atoms with Gasteiger partial charge in [0, 0.05) is 0 Å². The van der Waals surface area contributed by atoms with Crippen molar-refractivity contribution in [3.05, 3.63) is 0 Å². The van der Waals surface area contributed by atoms with Gasteiger partial charge >= 0.3 is 0 Å². The predicted molar refractivity (Wildman–Crippen MR) is 71.2 cm³/mol. The molecule has 0 amide bonds. The van der Waals surface area contributed by atoms with Crippen molar-refractivity contribution in [1.82, 2.24) is 0 Å². The van der Waals surface area contributed by atoms with Crippen molar-refractivity contribution in [2.45, 2.75) is 54.9 Å². The molecule has 0 aromatic carbocycles.